The van der Waals surface area contributed by atoms with Gasteiger partial charge in [0.05, 0.1) is 0 Å². The summed E-state index contributed by atoms with van der Waals surface area (Å²) in [6.07, 6.45) is 0. The highest BCUT2D eigenvalue weighted by Gasteiger charge is 2.47. The lowest BCUT2D eigenvalue weighted by atomic mass is 9.90. The average Bonchev–Trinajstić information content (AvgIpc) is 2.33. The summed E-state index contributed by atoms with van der Waals surface area (Å²) >= 11 is 0. The molecule has 1 unspecified atom stereocenters. The molecule has 1 atom stereocenters. The fourth-order valence-electron chi connectivity index (χ4n) is 2.73. The number of hydrogen-bond donors (Lipinski definition) is 1. The third kappa shape index (κ3) is 2.64. The van der Waals surface area contributed by atoms with Crippen LogP contribution in [0.2, 0.25) is 0 Å². The van der Waals surface area contributed by atoms with Crippen LogP contribution in [-0.2, 0) is 9.59 Å². The van der Waals surface area contributed by atoms with Gasteiger partial charge in [0.1, 0.15) is 17.4 Å². The minimum atomic E-state index is -0.969. The summed E-state index contributed by atoms with van der Waals surface area (Å²) < 4.78 is 13.3. The molecule has 114 valence electrons. The number of aryl methyl sites for hydroxylation is 1. The first-order chi connectivity index (χ1) is 9.65. The highest BCUT2D eigenvalue weighted by Crippen LogP contribution is 2.31. The van der Waals surface area contributed by atoms with Crippen LogP contribution in [0.3, 0.4) is 0 Å². The molecule has 4 nitrogen and oxygen atoms in total. The Kier molecular flexibility index (Phi) is 3.78. The van der Waals surface area contributed by atoms with E-state index in [9.17, 15) is 14.0 Å². The minimum absolute atomic E-state index is 0.0468. The molecule has 1 aromatic carbocycles. The van der Waals surface area contributed by atoms with Crippen LogP contribution in [0, 0.1) is 18.7 Å². The molecule has 1 aromatic rings. The van der Waals surface area contributed by atoms with E-state index in [4.69, 9.17) is 0 Å². The van der Waals surface area contributed by atoms with Gasteiger partial charge in [-0.15, -0.1) is 0 Å². The van der Waals surface area contributed by atoms with Crippen LogP contribution in [0.5, 0.6) is 0 Å². The largest absolute Gasteiger partial charge is 0.340 e. The number of nitrogens with zero attached hydrogens (tertiary/aromatic N) is 1. The average molecular weight is 292 g/mol. The zero-order chi connectivity index (χ0) is 15.9. The van der Waals surface area contributed by atoms with Gasteiger partial charge in [-0.3, -0.25) is 14.5 Å². The number of piperazine rings is 1. The Balaban J connectivity index is 2.58. The first-order valence-electron chi connectivity index (χ1n) is 7.07. The molecule has 5 heteroatoms. The smallest absolute Gasteiger partial charge is 0.252 e. The number of carbonyl (C=O) groups is 2. The number of benzene rings is 1. The fraction of sp³-hybridized carbons (Fsp3) is 0.500. The maximum Gasteiger partial charge on any atom is 0.252 e. The van der Waals surface area contributed by atoms with E-state index in [1.165, 1.54) is 17.0 Å². The quantitative estimate of drug-likeness (QED) is 0.910. The molecule has 0 bridgehead atoms. The molecule has 2 rings (SSSR count). The Morgan fingerprint density at radius 1 is 1.29 bits per heavy atom. The van der Waals surface area contributed by atoms with E-state index in [0.717, 1.165) is 0 Å². The third-order valence-electron chi connectivity index (χ3n) is 3.79. The lowest BCUT2D eigenvalue weighted by Gasteiger charge is -2.44. The molecule has 1 heterocycles. The van der Waals surface area contributed by atoms with E-state index in [0.29, 0.717) is 11.3 Å². The van der Waals surface area contributed by atoms with Crippen molar-refractivity contribution in [2.24, 2.45) is 5.92 Å². The zero-order valence-electron chi connectivity index (χ0n) is 13.0. The molecule has 2 amide bonds. The van der Waals surface area contributed by atoms with Gasteiger partial charge >= 0.3 is 0 Å². The van der Waals surface area contributed by atoms with Gasteiger partial charge in [0.25, 0.3) is 5.91 Å². The number of anilines is 1. The summed E-state index contributed by atoms with van der Waals surface area (Å²) in [4.78, 5) is 26.7. The molecular weight excluding hydrogens is 271 g/mol. The van der Waals surface area contributed by atoms with Crippen LogP contribution in [0.1, 0.15) is 33.3 Å². The molecule has 0 aliphatic carbocycles. The van der Waals surface area contributed by atoms with Crippen molar-refractivity contribution in [3.63, 3.8) is 0 Å². The van der Waals surface area contributed by atoms with Crippen LogP contribution < -0.4 is 10.2 Å². The zero-order valence-corrected chi connectivity index (χ0v) is 13.0. The highest BCUT2D eigenvalue weighted by molar-refractivity contribution is 6.10. The SMILES string of the molecule is Cc1cc(F)ccc1N1C(=O)C(C)(C)NC(=O)C1C(C)C. The number of halogens is 1. The summed E-state index contributed by atoms with van der Waals surface area (Å²) in [5.41, 5.74) is 0.256. The summed E-state index contributed by atoms with van der Waals surface area (Å²) in [6, 6.07) is 3.66. The fourth-order valence-corrected chi connectivity index (χ4v) is 2.73. The lowest BCUT2D eigenvalue weighted by Crippen LogP contribution is -2.69. The second-order valence-electron chi connectivity index (χ2n) is 6.41. The normalized spacial score (nSPS) is 21.7. The Morgan fingerprint density at radius 3 is 2.43 bits per heavy atom. The van der Waals surface area contributed by atoms with Crippen LogP contribution >= 0.6 is 0 Å². The van der Waals surface area contributed by atoms with Gasteiger partial charge in [-0.05, 0) is 50.5 Å². The van der Waals surface area contributed by atoms with Crippen LogP contribution in [0.4, 0.5) is 10.1 Å². The topological polar surface area (TPSA) is 49.4 Å². The number of nitrogens with one attached hydrogen (secondary N) is 1. The van der Waals surface area contributed by atoms with Crippen molar-refractivity contribution in [2.75, 3.05) is 4.90 Å². The van der Waals surface area contributed by atoms with Crippen molar-refractivity contribution in [3.05, 3.63) is 29.6 Å². The first-order valence-corrected chi connectivity index (χ1v) is 7.07. The maximum absolute atomic E-state index is 13.3. The van der Waals surface area contributed by atoms with Gasteiger partial charge in [0.2, 0.25) is 5.91 Å². The monoisotopic (exact) mass is 292 g/mol. The van der Waals surface area contributed by atoms with Gasteiger partial charge in [-0.1, -0.05) is 13.8 Å². The molecule has 1 aliphatic heterocycles. The van der Waals surface area contributed by atoms with Gasteiger partial charge in [0.15, 0.2) is 0 Å². The Morgan fingerprint density at radius 2 is 1.90 bits per heavy atom. The summed E-state index contributed by atoms with van der Waals surface area (Å²) in [5, 5.41) is 2.76. The molecule has 1 N–H and O–H groups in total. The molecular formula is C16H21FN2O2. The third-order valence-corrected chi connectivity index (χ3v) is 3.79. The van der Waals surface area contributed by atoms with Crippen LogP contribution in [-0.4, -0.2) is 23.4 Å². The second kappa shape index (κ2) is 5.13. The number of rotatable bonds is 2. The predicted molar refractivity (Wildman–Crippen MR) is 79.5 cm³/mol. The number of carbonyl (C=O) groups excluding carboxylic acids is 2. The van der Waals surface area contributed by atoms with E-state index in [-0.39, 0.29) is 23.5 Å². The molecule has 0 aromatic heterocycles. The second-order valence-corrected chi connectivity index (χ2v) is 6.41. The molecule has 0 radical (unpaired) electrons. The molecule has 1 aliphatic rings. The van der Waals surface area contributed by atoms with E-state index in [2.05, 4.69) is 5.32 Å². The van der Waals surface area contributed by atoms with Crippen molar-refractivity contribution < 1.29 is 14.0 Å². The molecule has 21 heavy (non-hydrogen) atoms. The minimum Gasteiger partial charge on any atom is -0.340 e. The Hall–Kier alpha value is -1.91. The summed E-state index contributed by atoms with van der Waals surface area (Å²) in [5.74, 6) is -0.770. The lowest BCUT2D eigenvalue weighted by molar-refractivity contribution is -0.138. The maximum atomic E-state index is 13.3. The van der Waals surface area contributed by atoms with E-state index in [1.807, 2.05) is 13.8 Å². The highest BCUT2D eigenvalue weighted by atomic mass is 19.1. The molecule has 1 fully saturated rings. The molecule has 0 spiro atoms. The van der Waals surface area contributed by atoms with Crippen molar-refractivity contribution >= 4 is 17.5 Å². The van der Waals surface area contributed by atoms with E-state index < -0.39 is 11.6 Å². The van der Waals surface area contributed by atoms with Crippen molar-refractivity contribution in [1.82, 2.24) is 5.32 Å². The van der Waals surface area contributed by atoms with Crippen LogP contribution in [0.25, 0.3) is 0 Å². The van der Waals surface area contributed by atoms with Crippen molar-refractivity contribution in [3.8, 4) is 0 Å². The van der Waals surface area contributed by atoms with Crippen molar-refractivity contribution in [2.45, 2.75) is 46.2 Å². The van der Waals surface area contributed by atoms with Crippen molar-refractivity contribution in [1.29, 1.82) is 0 Å². The standard InChI is InChI=1S/C16H21FN2O2/c1-9(2)13-14(20)18-16(4,5)15(21)19(13)12-7-6-11(17)8-10(12)3/h6-9,13H,1-5H3,(H,18,20). The summed E-state index contributed by atoms with van der Waals surface area (Å²) in [7, 11) is 0. The Bertz CT molecular complexity index is 596. The van der Waals surface area contributed by atoms with Crippen LogP contribution in [0.15, 0.2) is 18.2 Å². The number of hydrogen-bond acceptors (Lipinski definition) is 2. The van der Waals surface area contributed by atoms with Gasteiger partial charge in [0, 0.05) is 5.69 Å². The van der Waals surface area contributed by atoms with Gasteiger partial charge in [-0.2, -0.15) is 0 Å². The first kappa shape index (κ1) is 15.5. The van der Waals surface area contributed by atoms with Gasteiger partial charge < -0.3 is 5.32 Å². The van der Waals surface area contributed by atoms with E-state index in [1.54, 1.807) is 26.8 Å². The van der Waals surface area contributed by atoms with Gasteiger partial charge in [-0.25, -0.2) is 4.39 Å². The number of amides is 2. The predicted octanol–water partition coefficient (Wildman–Crippen LogP) is 2.40. The summed E-state index contributed by atoms with van der Waals surface area (Å²) in [6.45, 7) is 8.87. The molecule has 1 saturated heterocycles. The Labute approximate surface area is 124 Å². The van der Waals surface area contributed by atoms with E-state index >= 15 is 0 Å². The molecule has 0 saturated carbocycles.